The van der Waals surface area contributed by atoms with Gasteiger partial charge in [0, 0.05) is 12.5 Å². The molecule has 1 N–H and O–H groups in total. The first-order valence-electron chi connectivity index (χ1n) is 5.86. The number of methoxy groups -OCH3 is 1. The molecule has 2 rings (SSSR count). The zero-order chi connectivity index (χ0) is 13.0. The summed E-state index contributed by atoms with van der Waals surface area (Å²) in [6.07, 6.45) is 1.05. The van der Waals surface area contributed by atoms with Crippen LogP contribution in [0.2, 0.25) is 0 Å². The van der Waals surface area contributed by atoms with Gasteiger partial charge in [0.15, 0.2) is 5.75 Å². The van der Waals surface area contributed by atoms with E-state index in [-0.39, 0.29) is 5.69 Å². The van der Waals surface area contributed by atoms with Crippen molar-refractivity contribution in [2.75, 3.05) is 26.8 Å². The standard InChI is InChI=1S/C12H16N2O4/c1-17-10-2-3-12(11(6-10)14(15)16)18-8-9-4-5-13-7-9/h2-3,6,9,13H,4-5,7-8H2,1H3. The second-order valence-corrected chi connectivity index (χ2v) is 4.26. The molecule has 0 aromatic heterocycles. The molecule has 1 saturated heterocycles. The molecule has 0 radical (unpaired) electrons. The molecule has 6 heteroatoms. The molecule has 1 fully saturated rings. The molecule has 18 heavy (non-hydrogen) atoms. The summed E-state index contributed by atoms with van der Waals surface area (Å²) in [6.45, 7) is 2.39. The van der Waals surface area contributed by atoms with E-state index in [1.165, 1.54) is 13.2 Å². The average Bonchev–Trinajstić information content (AvgIpc) is 2.89. The highest BCUT2D eigenvalue weighted by Gasteiger charge is 2.20. The Morgan fingerprint density at radius 3 is 3.00 bits per heavy atom. The van der Waals surface area contributed by atoms with Gasteiger partial charge in [-0.2, -0.15) is 0 Å². The molecule has 0 spiro atoms. The molecule has 0 aliphatic carbocycles. The SMILES string of the molecule is COc1ccc(OCC2CCNC2)c([N+](=O)[O-])c1. The Morgan fingerprint density at radius 2 is 2.39 bits per heavy atom. The highest BCUT2D eigenvalue weighted by atomic mass is 16.6. The molecule has 1 atom stereocenters. The molecule has 0 amide bonds. The third-order valence-corrected chi connectivity index (χ3v) is 3.00. The maximum Gasteiger partial charge on any atom is 0.314 e. The van der Waals surface area contributed by atoms with Crippen molar-refractivity contribution < 1.29 is 14.4 Å². The lowest BCUT2D eigenvalue weighted by atomic mass is 10.1. The monoisotopic (exact) mass is 252 g/mol. The third kappa shape index (κ3) is 2.89. The molecule has 1 aromatic rings. The van der Waals surface area contributed by atoms with Crippen molar-refractivity contribution in [3.63, 3.8) is 0 Å². The molecule has 0 bridgehead atoms. The Balaban J connectivity index is 2.08. The number of rotatable bonds is 5. The van der Waals surface area contributed by atoms with Crippen molar-refractivity contribution in [2.45, 2.75) is 6.42 Å². The van der Waals surface area contributed by atoms with E-state index < -0.39 is 4.92 Å². The second-order valence-electron chi connectivity index (χ2n) is 4.26. The molecular weight excluding hydrogens is 236 g/mol. The van der Waals surface area contributed by atoms with Crippen LogP contribution in [0.25, 0.3) is 0 Å². The van der Waals surface area contributed by atoms with Gasteiger partial charge in [-0.1, -0.05) is 0 Å². The zero-order valence-electron chi connectivity index (χ0n) is 10.2. The van der Waals surface area contributed by atoms with Crippen molar-refractivity contribution in [1.82, 2.24) is 5.32 Å². The highest BCUT2D eigenvalue weighted by Crippen LogP contribution is 2.31. The van der Waals surface area contributed by atoms with Crippen molar-refractivity contribution >= 4 is 5.69 Å². The first-order valence-corrected chi connectivity index (χ1v) is 5.86. The van der Waals surface area contributed by atoms with E-state index in [4.69, 9.17) is 9.47 Å². The van der Waals surface area contributed by atoms with E-state index in [0.717, 1.165) is 19.5 Å². The molecule has 0 saturated carbocycles. The van der Waals surface area contributed by atoms with Gasteiger partial charge in [0.25, 0.3) is 0 Å². The summed E-state index contributed by atoms with van der Waals surface area (Å²) < 4.78 is 10.5. The maximum atomic E-state index is 10.9. The topological polar surface area (TPSA) is 73.6 Å². The number of benzene rings is 1. The van der Waals surface area contributed by atoms with Gasteiger partial charge in [-0.15, -0.1) is 0 Å². The minimum Gasteiger partial charge on any atom is -0.496 e. The second kappa shape index (κ2) is 5.68. The number of nitro groups is 1. The van der Waals surface area contributed by atoms with Crippen LogP contribution in [0.4, 0.5) is 5.69 Å². The van der Waals surface area contributed by atoms with Gasteiger partial charge >= 0.3 is 5.69 Å². The van der Waals surface area contributed by atoms with E-state index in [1.807, 2.05) is 0 Å². The summed E-state index contributed by atoms with van der Waals surface area (Å²) in [4.78, 5) is 10.5. The van der Waals surface area contributed by atoms with E-state index in [9.17, 15) is 10.1 Å². The van der Waals surface area contributed by atoms with E-state index >= 15 is 0 Å². The maximum absolute atomic E-state index is 10.9. The van der Waals surface area contributed by atoms with Crippen LogP contribution in [0.15, 0.2) is 18.2 Å². The average molecular weight is 252 g/mol. The summed E-state index contributed by atoms with van der Waals surface area (Å²) in [5.41, 5.74) is -0.0553. The lowest BCUT2D eigenvalue weighted by molar-refractivity contribution is -0.386. The van der Waals surface area contributed by atoms with Gasteiger partial charge < -0.3 is 14.8 Å². The molecule has 1 aliphatic heterocycles. The van der Waals surface area contributed by atoms with Crippen LogP contribution >= 0.6 is 0 Å². The Morgan fingerprint density at radius 1 is 1.56 bits per heavy atom. The number of nitrogens with one attached hydrogen (secondary N) is 1. The number of ether oxygens (including phenoxy) is 2. The van der Waals surface area contributed by atoms with Gasteiger partial charge in [-0.25, -0.2) is 0 Å². The van der Waals surface area contributed by atoms with E-state index in [2.05, 4.69) is 5.32 Å². The predicted octanol–water partition coefficient (Wildman–Crippen LogP) is 1.59. The highest BCUT2D eigenvalue weighted by molar-refractivity contribution is 5.50. The fourth-order valence-corrected chi connectivity index (χ4v) is 1.95. The summed E-state index contributed by atoms with van der Waals surface area (Å²) in [5.74, 6) is 1.18. The fourth-order valence-electron chi connectivity index (χ4n) is 1.95. The minimum atomic E-state index is -0.454. The number of nitrogens with zero attached hydrogens (tertiary/aromatic N) is 1. The summed E-state index contributed by atoms with van der Waals surface area (Å²) >= 11 is 0. The molecule has 98 valence electrons. The van der Waals surface area contributed by atoms with Crippen molar-refractivity contribution in [3.05, 3.63) is 28.3 Å². The molecule has 1 heterocycles. The summed E-state index contributed by atoms with van der Waals surface area (Å²) in [6, 6.07) is 4.62. The number of hydrogen-bond donors (Lipinski definition) is 1. The van der Waals surface area contributed by atoms with Gasteiger partial charge in [0.1, 0.15) is 5.75 Å². The van der Waals surface area contributed by atoms with Crippen molar-refractivity contribution in [1.29, 1.82) is 0 Å². The number of nitro benzene ring substituents is 1. The molecule has 1 aliphatic rings. The quantitative estimate of drug-likeness (QED) is 0.636. The molecular formula is C12H16N2O4. The number of hydrogen-bond acceptors (Lipinski definition) is 5. The smallest absolute Gasteiger partial charge is 0.314 e. The molecule has 1 aromatic carbocycles. The predicted molar refractivity (Wildman–Crippen MR) is 66.1 cm³/mol. The van der Waals surface area contributed by atoms with Gasteiger partial charge in [0.2, 0.25) is 0 Å². The van der Waals surface area contributed by atoms with Crippen LogP contribution < -0.4 is 14.8 Å². The Hall–Kier alpha value is -1.82. The van der Waals surface area contributed by atoms with E-state index in [0.29, 0.717) is 24.0 Å². The fraction of sp³-hybridized carbons (Fsp3) is 0.500. The van der Waals surface area contributed by atoms with Crippen LogP contribution in [0, 0.1) is 16.0 Å². The Labute approximate surface area is 105 Å². The summed E-state index contributed by atoms with van der Waals surface area (Å²) in [5, 5.41) is 14.2. The lowest BCUT2D eigenvalue weighted by Crippen LogP contribution is -2.15. The van der Waals surface area contributed by atoms with Crippen molar-refractivity contribution in [2.24, 2.45) is 5.92 Å². The normalized spacial score (nSPS) is 18.6. The van der Waals surface area contributed by atoms with Crippen LogP contribution in [-0.2, 0) is 0 Å². The first-order chi connectivity index (χ1) is 8.70. The molecule has 6 nitrogen and oxygen atoms in total. The first kappa shape index (κ1) is 12.6. The van der Waals surface area contributed by atoms with E-state index in [1.54, 1.807) is 12.1 Å². The van der Waals surface area contributed by atoms with Crippen LogP contribution in [0.1, 0.15) is 6.42 Å². The van der Waals surface area contributed by atoms with Gasteiger partial charge in [-0.05, 0) is 25.1 Å². The van der Waals surface area contributed by atoms with Gasteiger partial charge in [0.05, 0.1) is 24.7 Å². The Kier molecular flexibility index (Phi) is 3.99. The van der Waals surface area contributed by atoms with Crippen LogP contribution in [0.5, 0.6) is 11.5 Å². The zero-order valence-corrected chi connectivity index (χ0v) is 10.2. The summed E-state index contributed by atoms with van der Waals surface area (Å²) in [7, 11) is 1.48. The minimum absolute atomic E-state index is 0.0553. The van der Waals surface area contributed by atoms with Gasteiger partial charge in [-0.3, -0.25) is 10.1 Å². The molecule has 1 unspecified atom stereocenters. The van der Waals surface area contributed by atoms with Crippen molar-refractivity contribution in [3.8, 4) is 11.5 Å². The largest absolute Gasteiger partial charge is 0.496 e. The van der Waals surface area contributed by atoms with Crippen LogP contribution in [-0.4, -0.2) is 31.7 Å². The lowest BCUT2D eigenvalue weighted by Gasteiger charge is -2.11. The third-order valence-electron chi connectivity index (χ3n) is 3.00. The Bertz CT molecular complexity index is 430. The van der Waals surface area contributed by atoms with Crippen LogP contribution in [0.3, 0.4) is 0 Å².